The standard InChI is InChI=1S/C23H36FN7O/c1-31-22(27-17-11-13-25-14-12-17)29-21(26-16-7-5-3-4-6-8-16)30-23(31)28-18-9-10-20(32-2)19(24)15-18/h9-10,15-17,23,25,28H,3-8,11-14H2,1-2H3,(H2,26,27,29,30). The molecule has 2 fully saturated rings. The van der Waals surface area contributed by atoms with Crippen LogP contribution in [0.15, 0.2) is 28.2 Å². The number of ether oxygens (including phenoxy) is 1. The second kappa shape index (κ2) is 10.8. The normalized spacial score (nSPS) is 24.5. The Kier molecular flexibility index (Phi) is 7.68. The molecule has 1 saturated carbocycles. The minimum absolute atomic E-state index is 0.224. The second-order valence-corrected chi connectivity index (χ2v) is 8.85. The first-order chi connectivity index (χ1) is 15.6. The van der Waals surface area contributed by atoms with E-state index in [0.717, 1.165) is 50.7 Å². The molecule has 2 heterocycles. The number of nitrogens with one attached hydrogen (secondary N) is 4. The van der Waals surface area contributed by atoms with Crippen LogP contribution in [-0.2, 0) is 0 Å². The van der Waals surface area contributed by atoms with E-state index in [-0.39, 0.29) is 11.8 Å². The summed E-state index contributed by atoms with van der Waals surface area (Å²) in [5, 5.41) is 13.8. The van der Waals surface area contributed by atoms with E-state index in [0.29, 0.717) is 11.7 Å². The molecule has 8 nitrogen and oxygen atoms in total. The van der Waals surface area contributed by atoms with Gasteiger partial charge in [-0.05, 0) is 50.9 Å². The lowest BCUT2D eigenvalue weighted by atomic mass is 10.1. The molecule has 0 spiro atoms. The highest BCUT2D eigenvalue weighted by molar-refractivity contribution is 6.00. The lowest BCUT2D eigenvalue weighted by Gasteiger charge is -2.36. The summed E-state index contributed by atoms with van der Waals surface area (Å²) in [4.78, 5) is 11.8. The summed E-state index contributed by atoms with van der Waals surface area (Å²) in [6, 6.07) is 5.54. The number of methoxy groups -OCH3 is 1. The maximum atomic E-state index is 14.2. The molecule has 1 unspecified atom stereocenters. The Morgan fingerprint density at radius 1 is 1.09 bits per heavy atom. The van der Waals surface area contributed by atoms with Crippen molar-refractivity contribution >= 4 is 17.6 Å². The Bertz CT molecular complexity index is 817. The van der Waals surface area contributed by atoms with Gasteiger partial charge in [-0.1, -0.05) is 25.7 Å². The molecule has 176 valence electrons. The van der Waals surface area contributed by atoms with Crippen LogP contribution in [0.25, 0.3) is 0 Å². The van der Waals surface area contributed by atoms with Crippen LogP contribution in [0.1, 0.15) is 51.4 Å². The highest BCUT2D eigenvalue weighted by atomic mass is 19.1. The molecule has 1 atom stereocenters. The zero-order valence-corrected chi connectivity index (χ0v) is 19.2. The van der Waals surface area contributed by atoms with Gasteiger partial charge in [0, 0.05) is 24.8 Å². The molecule has 1 aromatic carbocycles. The van der Waals surface area contributed by atoms with Gasteiger partial charge in [-0.15, -0.1) is 0 Å². The lowest BCUT2D eigenvalue weighted by Crippen LogP contribution is -2.59. The van der Waals surface area contributed by atoms with Gasteiger partial charge in [-0.3, -0.25) is 5.32 Å². The monoisotopic (exact) mass is 445 g/mol. The molecule has 3 aliphatic rings. The highest BCUT2D eigenvalue weighted by Gasteiger charge is 2.27. The summed E-state index contributed by atoms with van der Waals surface area (Å²) in [5.41, 5.74) is 0.640. The van der Waals surface area contributed by atoms with E-state index >= 15 is 0 Å². The van der Waals surface area contributed by atoms with Gasteiger partial charge in [-0.2, -0.15) is 0 Å². The quantitative estimate of drug-likeness (QED) is 0.522. The van der Waals surface area contributed by atoms with Gasteiger partial charge >= 0.3 is 0 Å². The fourth-order valence-electron chi connectivity index (χ4n) is 4.51. The molecule has 32 heavy (non-hydrogen) atoms. The number of hydrogen-bond donors (Lipinski definition) is 4. The van der Waals surface area contributed by atoms with Crippen molar-refractivity contribution in [3.8, 4) is 5.75 Å². The number of benzene rings is 1. The first-order valence-corrected chi connectivity index (χ1v) is 11.8. The zero-order chi connectivity index (χ0) is 22.3. The Labute approximate surface area is 190 Å². The molecule has 0 amide bonds. The van der Waals surface area contributed by atoms with E-state index in [4.69, 9.17) is 14.7 Å². The summed E-state index contributed by atoms with van der Waals surface area (Å²) >= 11 is 0. The van der Waals surface area contributed by atoms with Crippen LogP contribution in [0.4, 0.5) is 10.1 Å². The highest BCUT2D eigenvalue weighted by Crippen LogP contribution is 2.23. The predicted octanol–water partition coefficient (Wildman–Crippen LogP) is 2.84. The van der Waals surface area contributed by atoms with Crippen LogP contribution in [0.5, 0.6) is 5.75 Å². The molecule has 1 aromatic rings. The Hall–Kier alpha value is -2.55. The third-order valence-corrected chi connectivity index (χ3v) is 6.44. The minimum atomic E-state index is -0.405. The van der Waals surface area contributed by atoms with Gasteiger partial charge in [0.15, 0.2) is 11.6 Å². The van der Waals surface area contributed by atoms with Crippen molar-refractivity contribution in [2.24, 2.45) is 9.98 Å². The van der Waals surface area contributed by atoms with E-state index in [1.54, 1.807) is 12.1 Å². The van der Waals surface area contributed by atoms with Gasteiger partial charge in [0.2, 0.25) is 18.2 Å². The van der Waals surface area contributed by atoms with Crippen LogP contribution in [0.2, 0.25) is 0 Å². The van der Waals surface area contributed by atoms with Crippen molar-refractivity contribution in [3.63, 3.8) is 0 Å². The third kappa shape index (κ3) is 5.82. The molecular weight excluding hydrogens is 409 g/mol. The molecule has 2 aliphatic heterocycles. The van der Waals surface area contributed by atoms with Gasteiger partial charge in [-0.25, -0.2) is 14.4 Å². The summed E-state index contributed by atoms with van der Waals surface area (Å²) in [6.45, 7) is 1.97. The van der Waals surface area contributed by atoms with E-state index in [9.17, 15) is 4.39 Å². The molecule has 0 bridgehead atoms. The molecule has 4 N–H and O–H groups in total. The number of hydrogen-bond acceptors (Lipinski definition) is 6. The first-order valence-electron chi connectivity index (χ1n) is 11.8. The first kappa shape index (κ1) is 22.6. The van der Waals surface area contributed by atoms with Crippen molar-refractivity contribution in [1.82, 2.24) is 20.9 Å². The molecule has 1 saturated heterocycles. The molecular formula is C23H36FN7O. The predicted molar refractivity (Wildman–Crippen MR) is 127 cm³/mol. The Balaban J connectivity index is 1.54. The van der Waals surface area contributed by atoms with E-state index in [1.165, 1.54) is 38.9 Å². The maximum absolute atomic E-state index is 14.2. The van der Waals surface area contributed by atoms with Crippen molar-refractivity contribution in [2.75, 3.05) is 32.6 Å². The molecule has 9 heteroatoms. The van der Waals surface area contributed by atoms with Gasteiger partial charge in [0.1, 0.15) is 0 Å². The average molecular weight is 446 g/mol. The SMILES string of the molecule is COc1ccc(NC2N=C(NC3CCCCCC3)NC(=NC3CCNCC3)N2C)cc1F. The number of rotatable bonds is 5. The number of halogens is 1. The Morgan fingerprint density at radius 3 is 2.53 bits per heavy atom. The average Bonchev–Trinajstić information content (AvgIpc) is 3.06. The van der Waals surface area contributed by atoms with Crippen molar-refractivity contribution in [3.05, 3.63) is 24.0 Å². The molecule has 0 radical (unpaired) electrons. The third-order valence-electron chi connectivity index (χ3n) is 6.44. The zero-order valence-electron chi connectivity index (χ0n) is 19.2. The largest absolute Gasteiger partial charge is 0.494 e. The number of piperidine rings is 1. The molecule has 0 aromatic heterocycles. The van der Waals surface area contributed by atoms with Crippen LogP contribution >= 0.6 is 0 Å². The van der Waals surface area contributed by atoms with E-state index in [1.807, 2.05) is 11.9 Å². The van der Waals surface area contributed by atoms with Crippen molar-refractivity contribution in [2.45, 2.75) is 69.7 Å². The minimum Gasteiger partial charge on any atom is -0.494 e. The number of anilines is 1. The second-order valence-electron chi connectivity index (χ2n) is 8.85. The van der Waals surface area contributed by atoms with Crippen molar-refractivity contribution < 1.29 is 9.13 Å². The van der Waals surface area contributed by atoms with Crippen molar-refractivity contribution in [1.29, 1.82) is 0 Å². The number of guanidine groups is 2. The maximum Gasteiger partial charge on any atom is 0.203 e. The fourth-order valence-corrected chi connectivity index (χ4v) is 4.51. The van der Waals surface area contributed by atoms with Crippen LogP contribution in [-0.4, -0.2) is 62.4 Å². The van der Waals surface area contributed by atoms with E-state index < -0.39 is 12.1 Å². The fraction of sp³-hybridized carbons (Fsp3) is 0.652. The summed E-state index contributed by atoms with van der Waals surface area (Å²) in [5.74, 6) is 1.34. The van der Waals surface area contributed by atoms with Crippen LogP contribution < -0.4 is 26.0 Å². The summed E-state index contributed by atoms with van der Waals surface area (Å²) in [7, 11) is 3.42. The number of nitrogens with zero attached hydrogens (tertiary/aromatic N) is 3. The van der Waals surface area contributed by atoms with Gasteiger partial charge < -0.3 is 25.6 Å². The molecule has 1 aliphatic carbocycles. The number of aliphatic imine (C=N–C) groups is 2. The smallest absolute Gasteiger partial charge is 0.203 e. The summed E-state index contributed by atoms with van der Waals surface area (Å²) in [6.07, 6.45) is 9.02. The summed E-state index contributed by atoms with van der Waals surface area (Å²) < 4.78 is 19.3. The van der Waals surface area contributed by atoms with Crippen LogP contribution in [0.3, 0.4) is 0 Å². The molecule has 4 rings (SSSR count). The Morgan fingerprint density at radius 2 is 1.84 bits per heavy atom. The topological polar surface area (TPSA) is 85.3 Å². The van der Waals surface area contributed by atoms with Gasteiger partial charge in [0.25, 0.3) is 0 Å². The van der Waals surface area contributed by atoms with Crippen LogP contribution in [0, 0.1) is 5.82 Å². The lowest BCUT2D eigenvalue weighted by molar-refractivity contribution is 0.375. The van der Waals surface area contributed by atoms with E-state index in [2.05, 4.69) is 21.3 Å². The van der Waals surface area contributed by atoms with Gasteiger partial charge in [0.05, 0.1) is 13.2 Å².